The van der Waals surface area contributed by atoms with E-state index in [2.05, 4.69) is 0 Å². The van der Waals surface area contributed by atoms with Gasteiger partial charge < -0.3 is 21.2 Å². The number of amides is 1. The highest BCUT2D eigenvalue weighted by Crippen LogP contribution is 2.19. The largest absolute Gasteiger partial charge is 0.412 e. The molecule has 0 unspecified atom stereocenters. The van der Waals surface area contributed by atoms with Gasteiger partial charge in [0.2, 0.25) is 5.91 Å². The molecule has 0 aliphatic heterocycles. The van der Waals surface area contributed by atoms with Gasteiger partial charge in [-0.05, 0) is 12.5 Å². The van der Waals surface area contributed by atoms with E-state index in [0.717, 1.165) is 5.56 Å². The summed E-state index contributed by atoms with van der Waals surface area (Å²) < 4.78 is 0. The number of nitrogens with two attached hydrogens (primary N) is 1. The fourth-order valence-corrected chi connectivity index (χ4v) is 1.51. The normalized spacial score (nSPS) is 13.4. The Kier molecular flexibility index (Phi) is 6.42. The maximum Gasteiger partial charge on any atom is 0.236 e. The summed E-state index contributed by atoms with van der Waals surface area (Å²) in [6, 6.07) is 8.98. The SMILES string of the molecule is C[C@H]([C@@H](O)c1ccccc1)N(C)C(=O)CN.O. The van der Waals surface area contributed by atoms with Crippen molar-refractivity contribution in [3.05, 3.63) is 35.9 Å². The predicted molar refractivity (Wildman–Crippen MR) is 66.3 cm³/mol. The molecule has 5 nitrogen and oxygen atoms in total. The zero-order valence-electron chi connectivity index (χ0n) is 10.1. The Labute approximate surface area is 101 Å². The van der Waals surface area contributed by atoms with E-state index in [4.69, 9.17) is 5.73 Å². The van der Waals surface area contributed by atoms with Gasteiger partial charge in [-0.15, -0.1) is 0 Å². The molecule has 0 aliphatic rings. The summed E-state index contributed by atoms with van der Waals surface area (Å²) in [4.78, 5) is 12.8. The molecule has 0 radical (unpaired) electrons. The summed E-state index contributed by atoms with van der Waals surface area (Å²) in [6.45, 7) is 1.76. The fraction of sp³-hybridized carbons (Fsp3) is 0.417. The number of hydrogen-bond acceptors (Lipinski definition) is 3. The molecule has 0 bridgehead atoms. The predicted octanol–water partition coefficient (Wildman–Crippen LogP) is -0.299. The summed E-state index contributed by atoms with van der Waals surface area (Å²) in [5.41, 5.74) is 6.07. The maximum atomic E-state index is 11.4. The van der Waals surface area contributed by atoms with Gasteiger partial charge in [0.1, 0.15) is 0 Å². The van der Waals surface area contributed by atoms with Crippen molar-refractivity contribution in [2.24, 2.45) is 5.73 Å². The standard InChI is InChI=1S/C12H18N2O2.H2O/c1-9(14(2)11(15)8-13)12(16)10-6-4-3-5-7-10;/h3-7,9,12,16H,8,13H2,1-2H3;1H2/t9-,12-;/m1./s1. The third-order valence-corrected chi connectivity index (χ3v) is 2.78. The number of aliphatic hydroxyl groups is 1. The fourth-order valence-electron chi connectivity index (χ4n) is 1.51. The van der Waals surface area contributed by atoms with Crippen LogP contribution in [0.5, 0.6) is 0 Å². The summed E-state index contributed by atoms with van der Waals surface area (Å²) in [6.07, 6.45) is -0.693. The minimum absolute atomic E-state index is 0. The van der Waals surface area contributed by atoms with Crippen LogP contribution < -0.4 is 5.73 Å². The number of aliphatic hydroxyl groups excluding tert-OH is 1. The molecule has 2 atom stereocenters. The molecule has 96 valence electrons. The molecule has 0 fully saturated rings. The average Bonchev–Trinajstić information content (AvgIpc) is 2.36. The van der Waals surface area contributed by atoms with E-state index in [9.17, 15) is 9.90 Å². The Hall–Kier alpha value is -1.43. The number of carbonyl (C=O) groups excluding carboxylic acids is 1. The number of hydrogen-bond donors (Lipinski definition) is 2. The van der Waals surface area contributed by atoms with Crippen molar-refractivity contribution in [2.45, 2.75) is 19.1 Å². The molecule has 1 aromatic rings. The van der Waals surface area contributed by atoms with Gasteiger partial charge in [-0.2, -0.15) is 0 Å². The molecule has 5 N–H and O–H groups in total. The second-order valence-corrected chi connectivity index (χ2v) is 3.80. The number of carbonyl (C=O) groups is 1. The lowest BCUT2D eigenvalue weighted by Gasteiger charge is -2.28. The molecule has 0 saturated carbocycles. The van der Waals surface area contributed by atoms with Crippen molar-refractivity contribution in [3.63, 3.8) is 0 Å². The lowest BCUT2D eigenvalue weighted by molar-refractivity contribution is -0.132. The second kappa shape index (κ2) is 7.01. The van der Waals surface area contributed by atoms with Crippen LogP contribution in [0.1, 0.15) is 18.6 Å². The van der Waals surface area contributed by atoms with E-state index in [1.165, 1.54) is 4.90 Å². The minimum Gasteiger partial charge on any atom is -0.412 e. The van der Waals surface area contributed by atoms with Crippen molar-refractivity contribution in [1.82, 2.24) is 4.90 Å². The lowest BCUT2D eigenvalue weighted by atomic mass is 10.0. The Morgan fingerprint density at radius 3 is 2.41 bits per heavy atom. The Balaban J connectivity index is 0.00000256. The van der Waals surface area contributed by atoms with Gasteiger partial charge in [0.15, 0.2) is 0 Å². The van der Waals surface area contributed by atoms with Crippen molar-refractivity contribution >= 4 is 5.91 Å². The highest BCUT2D eigenvalue weighted by atomic mass is 16.3. The first-order valence-corrected chi connectivity index (χ1v) is 5.26. The minimum atomic E-state index is -0.693. The number of benzene rings is 1. The second-order valence-electron chi connectivity index (χ2n) is 3.80. The van der Waals surface area contributed by atoms with Gasteiger partial charge in [0, 0.05) is 7.05 Å². The molecule has 0 heterocycles. The molecule has 0 aromatic heterocycles. The van der Waals surface area contributed by atoms with Crippen molar-refractivity contribution < 1.29 is 15.4 Å². The number of rotatable bonds is 4. The Morgan fingerprint density at radius 2 is 1.94 bits per heavy atom. The van der Waals surface area contributed by atoms with Crippen LogP contribution in [0.3, 0.4) is 0 Å². The van der Waals surface area contributed by atoms with Crippen LogP contribution in [0.15, 0.2) is 30.3 Å². The van der Waals surface area contributed by atoms with Crippen LogP contribution in [0, 0.1) is 0 Å². The van der Waals surface area contributed by atoms with Crippen LogP contribution in [0.4, 0.5) is 0 Å². The third kappa shape index (κ3) is 3.81. The Bertz CT molecular complexity index is 343. The lowest BCUT2D eigenvalue weighted by Crippen LogP contribution is -2.42. The topological polar surface area (TPSA) is 98.1 Å². The van der Waals surface area contributed by atoms with Gasteiger partial charge in [-0.1, -0.05) is 30.3 Å². The Morgan fingerprint density at radius 1 is 1.41 bits per heavy atom. The zero-order valence-corrected chi connectivity index (χ0v) is 10.1. The molecule has 1 rings (SSSR count). The molecule has 1 amide bonds. The number of likely N-dealkylation sites (N-methyl/N-ethyl adjacent to an activating group) is 1. The molecule has 0 aliphatic carbocycles. The third-order valence-electron chi connectivity index (χ3n) is 2.78. The average molecular weight is 240 g/mol. The highest BCUT2D eigenvalue weighted by Gasteiger charge is 2.22. The van der Waals surface area contributed by atoms with Crippen LogP contribution in [-0.4, -0.2) is 41.0 Å². The molecular weight excluding hydrogens is 220 g/mol. The summed E-state index contributed by atoms with van der Waals surface area (Å²) in [7, 11) is 1.64. The smallest absolute Gasteiger partial charge is 0.236 e. The van der Waals surface area contributed by atoms with Gasteiger partial charge in [0.05, 0.1) is 18.7 Å². The van der Waals surface area contributed by atoms with Crippen LogP contribution in [0.25, 0.3) is 0 Å². The van der Waals surface area contributed by atoms with Crippen LogP contribution in [0.2, 0.25) is 0 Å². The molecule has 17 heavy (non-hydrogen) atoms. The van der Waals surface area contributed by atoms with E-state index in [1.807, 2.05) is 30.3 Å². The maximum absolute atomic E-state index is 11.4. The van der Waals surface area contributed by atoms with Crippen molar-refractivity contribution in [2.75, 3.05) is 13.6 Å². The van der Waals surface area contributed by atoms with E-state index in [-0.39, 0.29) is 24.0 Å². The molecule has 5 heteroatoms. The summed E-state index contributed by atoms with van der Waals surface area (Å²) in [5, 5.41) is 10.1. The van der Waals surface area contributed by atoms with Gasteiger partial charge >= 0.3 is 0 Å². The molecule has 0 spiro atoms. The first kappa shape index (κ1) is 15.6. The molecular formula is C12H20N2O3. The quantitative estimate of drug-likeness (QED) is 0.756. The van der Waals surface area contributed by atoms with E-state index in [0.29, 0.717) is 0 Å². The van der Waals surface area contributed by atoms with Gasteiger partial charge in [0.25, 0.3) is 0 Å². The van der Waals surface area contributed by atoms with Crippen molar-refractivity contribution in [1.29, 1.82) is 0 Å². The summed E-state index contributed by atoms with van der Waals surface area (Å²) >= 11 is 0. The van der Waals surface area contributed by atoms with Gasteiger partial charge in [-0.25, -0.2) is 0 Å². The van der Waals surface area contributed by atoms with E-state index >= 15 is 0 Å². The van der Waals surface area contributed by atoms with Crippen molar-refractivity contribution in [3.8, 4) is 0 Å². The number of nitrogens with zero attached hydrogens (tertiary/aromatic N) is 1. The molecule has 0 saturated heterocycles. The molecule has 1 aromatic carbocycles. The first-order valence-electron chi connectivity index (χ1n) is 5.26. The van der Waals surface area contributed by atoms with E-state index < -0.39 is 6.10 Å². The monoisotopic (exact) mass is 240 g/mol. The highest BCUT2D eigenvalue weighted by molar-refractivity contribution is 5.78. The van der Waals surface area contributed by atoms with Crippen LogP contribution in [-0.2, 0) is 4.79 Å². The van der Waals surface area contributed by atoms with Gasteiger partial charge in [-0.3, -0.25) is 4.79 Å². The van der Waals surface area contributed by atoms with Crippen LogP contribution >= 0.6 is 0 Å². The zero-order chi connectivity index (χ0) is 12.1. The summed E-state index contributed by atoms with van der Waals surface area (Å²) in [5.74, 6) is -0.178. The first-order chi connectivity index (χ1) is 7.57. The van der Waals surface area contributed by atoms with E-state index in [1.54, 1.807) is 14.0 Å².